The molecule has 3 amide bonds. The van der Waals surface area contributed by atoms with Gasteiger partial charge in [-0.05, 0) is 56.7 Å². The minimum Gasteiger partial charge on any atom is -0.396 e. The van der Waals surface area contributed by atoms with Crippen LogP contribution in [0, 0.1) is 19.8 Å². The van der Waals surface area contributed by atoms with Crippen LogP contribution < -0.4 is 10.6 Å². The monoisotopic (exact) mass is 441 g/mol. The van der Waals surface area contributed by atoms with E-state index in [2.05, 4.69) is 20.8 Å². The van der Waals surface area contributed by atoms with Crippen LogP contribution in [0.5, 0.6) is 0 Å². The van der Waals surface area contributed by atoms with Gasteiger partial charge in [0.2, 0.25) is 5.91 Å². The molecule has 1 aliphatic carbocycles. The van der Waals surface area contributed by atoms with Crippen molar-refractivity contribution in [2.24, 2.45) is 5.92 Å². The normalized spacial score (nSPS) is 15.2. The van der Waals surface area contributed by atoms with Gasteiger partial charge < -0.3 is 20.6 Å². The van der Waals surface area contributed by atoms with Gasteiger partial charge in [0.15, 0.2) is 0 Å². The number of aryl methyl sites for hydroxylation is 2. The van der Waals surface area contributed by atoms with Gasteiger partial charge in [-0.15, -0.1) is 0 Å². The summed E-state index contributed by atoms with van der Waals surface area (Å²) in [6, 6.07) is 6.83. The summed E-state index contributed by atoms with van der Waals surface area (Å²) in [5.74, 6) is -0.0707. The first-order valence-corrected chi connectivity index (χ1v) is 11.5. The smallest absolute Gasteiger partial charge is 0.317 e. The number of rotatable bonds is 8. The molecule has 0 spiro atoms. The number of hydrogen-bond acceptors (Lipinski definition) is 4. The summed E-state index contributed by atoms with van der Waals surface area (Å²) >= 11 is 0. The molecule has 3 rings (SSSR count). The Morgan fingerprint density at radius 1 is 1.19 bits per heavy atom. The lowest BCUT2D eigenvalue weighted by Crippen LogP contribution is -2.52. The average Bonchev–Trinajstić information content (AvgIpc) is 3.14. The highest BCUT2D eigenvalue weighted by molar-refractivity contribution is 5.97. The third-order valence-electron chi connectivity index (χ3n) is 6.25. The van der Waals surface area contributed by atoms with Crippen LogP contribution in [0.3, 0.4) is 0 Å². The molecule has 1 heterocycles. The first-order chi connectivity index (χ1) is 15.4. The largest absolute Gasteiger partial charge is 0.396 e. The van der Waals surface area contributed by atoms with Crippen molar-refractivity contribution in [2.45, 2.75) is 58.4 Å². The fourth-order valence-electron chi connectivity index (χ4n) is 4.43. The van der Waals surface area contributed by atoms with Gasteiger partial charge in [0.25, 0.3) is 0 Å². The number of nitrogens with one attached hydrogen (secondary N) is 3. The zero-order valence-electron chi connectivity index (χ0n) is 19.3. The first kappa shape index (κ1) is 23.8. The molecule has 174 valence electrons. The third-order valence-corrected chi connectivity index (χ3v) is 6.25. The van der Waals surface area contributed by atoms with Crippen molar-refractivity contribution in [3.8, 4) is 11.1 Å². The Balaban J connectivity index is 1.70. The Morgan fingerprint density at radius 2 is 1.88 bits per heavy atom. The van der Waals surface area contributed by atoms with Crippen molar-refractivity contribution >= 4 is 17.6 Å². The maximum atomic E-state index is 13.2. The molecule has 1 aromatic carbocycles. The molecule has 2 aromatic rings. The molecule has 1 saturated carbocycles. The van der Waals surface area contributed by atoms with Crippen LogP contribution in [-0.4, -0.2) is 58.4 Å². The van der Waals surface area contributed by atoms with Crippen LogP contribution in [0.15, 0.2) is 24.3 Å². The molecule has 4 N–H and O–H groups in total. The SMILES string of the molecule is Cc1n[nH]c(C)c1-c1ccc(NC(=O)[C@@H](NC(=O)N(C)CCCO)C2CCCCC2)cc1. The molecule has 1 atom stereocenters. The highest BCUT2D eigenvalue weighted by Crippen LogP contribution is 2.29. The van der Waals surface area contributed by atoms with Crippen LogP contribution in [0.2, 0.25) is 0 Å². The van der Waals surface area contributed by atoms with Crippen LogP contribution in [0.1, 0.15) is 49.9 Å². The molecule has 0 radical (unpaired) electrons. The standard InChI is InChI=1S/C24H35N5O3/c1-16-21(17(2)28-27-16)18-10-12-20(13-11-18)25-23(31)22(19-8-5-4-6-9-19)26-24(32)29(3)14-7-15-30/h10-13,19,22,30H,4-9,14-15H2,1-3H3,(H,25,31)(H,26,32)(H,27,28)/t22-/m0/s1. The Morgan fingerprint density at radius 3 is 2.47 bits per heavy atom. The van der Waals surface area contributed by atoms with E-state index in [-0.39, 0.29) is 24.5 Å². The minimum absolute atomic E-state index is 0.0258. The van der Waals surface area contributed by atoms with Gasteiger partial charge in [-0.1, -0.05) is 31.4 Å². The van der Waals surface area contributed by atoms with Gasteiger partial charge in [-0.3, -0.25) is 9.89 Å². The maximum absolute atomic E-state index is 13.2. The third kappa shape index (κ3) is 5.88. The number of urea groups is 1. The number of aromatic nitrogens is 2. The van der Waals surface area contributed by atoms with E-state index in [0.29, 0.717) is 18.7 Å². The number of aliphatic hydroxyl groups is 1. The van der Waals surface area contributed by atoms with Gasteiger partial charge in [0.1, 0.15) is 6.04 Å². The van der Waals surface area contributed by atoms with Crippen molar-refractivity contribution in [3.63, 3.8) is 0 Å². The molecule has 1 fully saturated rings. The summed E-state index contributed by atoms with van der Waals surface area (Å²) in [5, 5.41) is 22.2. The number of amides is 3. The number of carbonyl (C=O) groups is 2. The van der Waals surface area contributed by atoms with E-state index in [0.717, 1.165) is 48.2 Å². The van der Waals surface area contributed by atoms with E-state index in [4.69, 9.17) is 5.11 Å². The second-order valence-corrected chi connectivity index (χ2v) is 8.70. The lowest BCUT2D eigenvalue weighted by Gasteiger charge is -2.31. The van der Waals surface area contributed by atoms with Crippen molar-refractivity contribution in [2.75, 3.05) is 25.5 Å². The number of hydrogen-bond donors (Lipinski definition) is 4. The molecular weight excluding hydrogens is 406 g/mol. The predicted molar refractivity (Wildman–Crippen MR) is 125 cm³/mol. The molecular formula is C24H35N5O3. The molecule has 8 nitrogen and oxygen atoms in total. The number of aromatic amines is 1. The molecule has 1 aliphatic rings. The van der Waals surface area contributed by atoms with Crippen LogP contribution >= 0.6 is 0 Å². The van der Waals surface area contributed by atoms with E-state index < -0.39 is 6.04 Å². The molecule has 0 saturated heterocycles. The Kier molecular flexibility index (Phi) is 8.27. The van der Waals surface area contributed by atoms with E-state index in [1.807, 2.05) is 38.1 Å². The quantitative estimate of drug-likeness (QED) is 0.502. The van der Waals surface area contributed by atoms with Gasteiger partial charge in [0, 0.05) is 37.1 Å². The molecule has 0 aliphatic heterocycles. The molecule has 0 bridgehead atoms. The summed E-state index contributed by atoms with van der Waals surface area (Å²) in [7, 11) is 1.68. The second-order valence-electron chi connectivity index (χ2n) is 8.70. The van der Waals surface area contributed by atoms with Crippen molar-refractivity contribution in [1.82, 2.24) is 20.4 Å². The summed E-state index contributed by atoms with van der Waals surface area (Å²) in [6.45, 7) is 4.41. The van der Waals surface area contributed by atoms with Crippen molar-refractivity contribution in [1.29, 1.82) is 0 Å². The van der Waals surface area contributed by atoms with E-state index in [9.17, 15) is 9.59 Å². The maximum Gasteiger partial charge on any atom is 0.317 e. The molecule has 0 unspecified atom stereocenters. The number of aliphatic hydroxyl groups excluding tert-OH is 1. The zero-order valence-corrected chi connectivity index (χ0v) is 19.3. The lowest BCUT2D eigenvalue weighted by atomic mass is 9.83. The number of carbonyl (C=O) groups excluding carboxylic acids is 2. The summed E-state index contributed by atoms with van der Waals surface area (Å²) in [6.07, 6.45) is 5.68. The predicted octanol–water partition coefficient (Wildman–Crippen LogP) is 3.60. The number of H-pyrrole nitrogens is 1. The molecule has 8 heteroatoms. The molecule has 1 aromatic heterocycles. The van der Waals surface area contributed by atoms with Crippen LogP contribution in [0.4, 0.5) is 10.5 Å². The lowest BCUT2D eigenvalue weighted by molar-refractivity contribution is -0.119. The summed E-state index contributed by atoms with van der Waals surface area (Å²) in [5.41, 5.74) is 4.74. The Labute approximate surface area is 189 Å². The first-order valence-electron chi connectivity index (χ1n) is 11.5. The summed E-state index contributed by atoms with van der Waals surface area (Å²) < 4.78 is 0. The van der Waals surface area contributed by atoms with Crippen LogP contribution in [0.25, 0.3) is 11.1 Å². The molecule has 32 heavy (non-hydrogen) atoms. The zero-order chi connectivity index (χ0) is 23.1. The van der Waals surface area contributed by atoms with Gasteiger partial charge in [-0.2, -0.15) is 5.10 Å². The number of anilines is 1. The fourth-order valence-corrected chi connectivity index (χ4v) is 4.43. The number of benzene rings is 1. The van der Waals surface area contributed by atoms with Gasteiger partial charge in [-0.25, -0.2) is 4.79 Å². The Bertz CT molecular complexity index is 883. The van der Waals surface area contributed by atoms with E-state index in [1.54, 1.807) is 7.05 Å². The fraction of sp³-hybridized carbons (Fsp3) is 0.542. The van der Waals surface area contributed by atoms with E-state index in [1.165, 1.54) is 11.3 Å². The van der Waals surface area contributed by atoms with Crippen LogP contribution in [-0.2, 0) is 4.79 Å². The summed E-state index contributed by atoms with van der Waals surface area (Å²) in [4.78, 5) is 27.4. The topological polar surface area (TPSA) is 110 Å². The second kappa shape index (κ2) is 11.1. The van der Waals surface area contributed by atoms with Crippen molar-refractivity contribution < 1.29 is 14.7 Å². The highest BCUT2D eigenvalue weighted by Gasteiger charge is 2.31. The minimum atomic E-state index is -0.586. The number of nitrogens with zero attached hydrogens (tertiary/aromatic N) is 2. The average molecular weight is 442 g/mol. The Hall–Kier alpha value is -2.87. The van der Waals surface area contributed by atoms with E-state index >= 15 is 0 Å². The van der Waals surface area contributed by atoms with Gasteiger partial charge >= 0.3 is 6.03 Å². The van der Waals surface area contributed by atoms with Gasteiger partial charge in [0.05, 0.1) is 5.69 Å². The van der Waals surface area contributed by atoms with Crippen molar-refractivity contribution in [3.05, 3.63) is 35.7 Å². The highest BCUT2D eigenvalue weighted by atomic mass is 16.3.